The van der Waals surface area contributed by atoms with Gasteiger partial charge in [0.15, 0.2) is 0 Å². The predicted molar refractivity (Wildman–Crippen MR) is 128 cm³/mol. The third-order valence-electron chi connectivity index (χ3n) is 5.09. The van der Waals surface area contributed by atoms with Gasteiger partial charge in [-0.25, -0.2) is 14.0 Å². The lowest BCUT2D eigenvalue weighted by Gasteiger charge is -2.12. The average molecular weight is 465 g/mol. The Hall–Kier alpha value is -3.26. The van der Waals surface area contributed by atoms with Crippen molar-refractivity contribution in [1.82, 2.24) is 9.78 Å². The average Bonchev–Trinajstić information content (AvgIpc) is 3.17. The molecular formula is C24H21ClN4O2S. The summed E-state index contributed by atoms with van der Waals surface area (Å²) in [5.41, 5.74) is 4.57. The third-order valence-corrected chi connectivity index (χ3v) is 6.23. The van der Waals surface area contributed by atoms with Crippen molar-refractivity contribution in [3.05, 3.63) is 95.3 Å². The fourth-order valence-electron chi connectivity index (χ4n) is 3.51. The summed E-state index contributed by atoms with van der Waals surface area (Å²) in [5, 5.41) is 13.6. The molecule has 0 aliphatic carbocycles. The van der Waals surface area contributed by atoms with E-state index in [2.05, 4.69) is 10.4 Å². The summed E-state index contributed by atoms with van der Waals surface area (Å²) < 4.78 is 14.2. The van der Waals surface area contributed by atoms with E-state index in [0.717, 1.165) is 22.5 Å². The first-order chi connectivity index (χ1) is 15.4. The van der Waals surface area contributed by atoms with Crippen LogP contribution in [0, 0.1) is 6.92 Å². The highest BCUT2D eigenvalue weighted by atomic mass is 35.5. The van der Waals surface area contributed by atoms with Gasteiger partial charge in [0.2, 0.25) is 5.91 Å². The molecule has 1 amide bonds. The summed E-state index contributed by atoms with van der Waals surface area (Å²) in [6.07, 6.45) is 1.86. The molecule has 0 spiro atoms. The second-order valence-electron chi connectivity index (χ2n) is 7.22. The quantitative estimate of drug-likeness (QED) is 0.434. The predicted octanol–water partition coefficient (Wildman–Crippen LogP) is 4.66. The van der Waals surface area contributed by atoms with Crippen LogP contribution in [0.2, 0.25) is 5.02 Å². The molecule has 162 valence electrons. The summed E-state index contributed by atoms with van der Waals surface area (Å²) in [5.74, 6) is -0.229. The Kier molecular flexibility index (Phi) is 6.50. The molecule has 1 heterocycles. The van der Waals surface area contributed by atoms with E-state index >= 15 is 0 Å². The van der Waals surface area contributed by atoms with E-state index in [0.29, 0.717) is 21.2 Å². The van der Waals surface area contributed by atoms with Gasteiger partial charge in [-0.15, -0.1) is 0 Å². The van der Waals surface area contributed by atoms with Crippen molar-refractivity contribution in [3.63, 3.8) is 0 Å². The zero-order valence-corrected chi connectivity index (χ0v) is 18.9. The van der Waals surface area contributed by atoms with Gasteiger partial charge < -0.3 is 5.32 Å². The fourth-order valence-corrected chi connectivity index (χ4v) is 4.35. The number of nitrogens with two attached hydrogens (primary N) is 1. The molecule has 0 fully saturated rings. The normalized spacial score (nSPS) is 11.8. The SMILES string of the molecule is Cc1c(-c2ccc(NC(=O)Cc3ccccc3Cl)cc2S(N)=O)cnn1-c1ccccc1. The van der Waals surface area contributed by atoms with Crippen LogP contribution in [0.1, 0.15) is 11.3 Å². The van der Waals surface area contributed by atoms with Gasteiger partial charge >= 0.3 is 0 Å². The van der Waals surface area contributed by atoms with Crippen LogP contribution in [0.3, 0.4) is 0 Å². The van der Waals surface area contributed by atoms with Crippen molar-refractivity contribution < 1.29 is 9.00 Å². The van der Waals surface area contributed by atoms with Gasteiger partial charge in [0.25, 0.3) is 0 Å². The van der Waals surface area contributed by atoms with E-state index in [1.165, 1.54) is 0 Å². The molecule has 32 heavy (non-hydrogen) atoms. The molecule has 1 unspecified atom stereocenters. The molecule has 3 N–H and O–H groups in total. The number of rotatable bonds is 6. The lowest BCUT2D eigenvalue weighted by Crippen LogP contribution is -2.15. The highest BCUT2D eigenvalue weighted by Crippen LogP contribution is 2.31. The van der Waals surface area contributed by atoms with Crippen LogP contribution >= 0.6 is 11.6 Å². The second-order valence-corrected chi connectivity index (χ2v) is 8.66. The lowest BCUT2D eigenvalue weighted by atomic mass is 10.1. The molecule has 4 rings (SSSR count). The zero-order valence-electron chi connectivity index (χ0n) is 17.3. The second kappa shape index (κ2) is 9.48. The largest absolute Gasteiger partial charge is 0.326 e. The molecule has 0 bridgehead atoms. The number of aromatic nitrogens is 2. The van der Waals surface area contributed by atoms with Gasteiger partial charge in [0.1, 0.15) is 11.0 Å². The molecular weight excluding hydrogens is 444 g/mol. The zero-order chi connectivity index (χ0) is 22.7. The van der Waals surface area contributed by atoms with Gasteiger partial charge in [-0.1, -0.05) is 54.1 Å². The van der Waals surface area contributed by atoms with E-state index in [4.69, 9.17) is 16.7 Å². The van der Waals surface area contributed by atoms with E-state index in [9.17, 15) is 9.00 Å². The molecule has 1 atom stereocenters. The summed E-state index contributed by atoms with van der Waals surface area (Å²) in [6.45, 7) is 1.94. The molecule has 0 saturated carbocycles. The first-order valence-corrected chi connectivity index (χ1v) is 11.5. The first kappa shape index (κ1) is 22.0. The number of hydrogen-bond acceptors (Lipinski definition) is 3. The van der Waals surface area contributed by atoms with Crippen molar-refractivity contribution >= 4 is 34.2 Å². The van der Waals surface area contributed by atoms with Gasteiger partial charge in [-0.2, -0.15) is 5.10 Å². The van der Waals surface area contributed by atoms with Gasteiger partial charge in [0, 0.05) is 27.5 Å². The molecule has 8 heteroatoms. The van der Waals surface area contributed by atoms with Crippen LogP contribution < -0.4 is 10.5 Å². The lowest BCUT2D eigenvalue weighted by molar-refractivity contribution is -0.115. The molecule has 4 aromatic rings. The van der Waals surface area contributed by atoms with E-state index in [1.807, 2.05) is 54.1 Å². The molecule has 0 radical (unpaired) electrons. The van der Waals surface area contributed by atoms with Crippen LogP contribution in [0.25, 0.3) is 16.8 Å². The number of anilines is 1. The Balaban J connectivity index is 1.62. The minimum Gasteiger partial charge on any atom is -0.326 e. The smallest absolute Gasteiger partial charge is 0.228 e. The van der Waals surface area contributed by atoms with Gasteiger partial charge in [-0.05, 0) is 42.8 Å². The Morgan fingerprint density at radius 3 is 2.50 bits per heavy atom. The summed E-state index contributed by atoms with van der Waals surface area (Å²) in [4.78, 5) is 12.9. The number of nitrogens with one attached hydrogen (secondary N) is 1. The Labute approximate surface area is 193 Å². The highest BCUT2D eigenvalue weighted by molar-refractivity contribution is 7.82. The van der Waals surface area contributed by atoms with Crippen LogP contribution in [0.15, 0.2) is 83.9 Å². The summed E-state index contributed by atoms with van der Waals surface area (Å²) in [6, 6.07) is 22.1. The number of halogens is 1. The van der Waals surface area contributed by atoms with E-state index in [1.54, 1.807) is 36.5 Å². The number of para-hydroxylation sites is 1. The van der Waals surface area contributed by atoms with Crippen molar-refractivity contribution in [2.24, 2.45) is 5.14 Å². The van der Waals surface area contributed by atoms with Gasteiger partial charge in [0.05, 0.1) is 23.2 Å². The maximum atomic E-state index is 12.5. The van der Waals surface area contributed by atoms with Crippen LogP contribution in [0.4, 0.5) is 5.69 Å². The third kappa shape index (κ3) is 4.65. The number of carbonyl (C=O) groups is 1. The molecule has 0 aliphatic rings. The molecule has 0 saturated heterocycles. The van der Waals surface area contributed by atoms with Crippen LogP contribution in [-0.4, -0.2) is 19.9 Å². The maximum absolute atomic E-state index is 12.5. The monoisotopic (exact) mass is 464 g/mol. The number of nitrogens with zero attached hydrogens (tertiary/aromatic N) is 2. The number of hydrogen-bond donors (Lipinski definition) is 2. The molecule has 0 aliphatic heterocycles. The van der Waals surface area contributed by atoms with E-state index < -0.39 is 11.0 Å². The Morgan fingerprint density at radius 1 is 1.06 bits per heavy atom. The number of benzene rings is 3. The number of carbonyl (C=O) groups excluding carboxylic acids is 1. The topological polar surface area (TPSA) is 90.0 Å². The first-order valence-electron chi connectivity index (χ1n) is 9.88. The van der Waals surface area contributed by atoms with E-state index in [-0.39, 0.29) is 12.3 Å². The van der Waals surface area contributed by atoms with Crippen LogP contribution in [-0.2, 0) is 22.2 Å². The minimum absolute atomic E-state index is 0.130. The van der Waals surface area contributed by atoms with Crippen molar-refractivity contribution in [2.45, 2.75) is 18.2 Å². The molecule has 6 nitrogen and oxygen atoms in total. The molecule has 3 aromatic carbocycles. The standard InChI is InChI=1S/C24H21ClN4O2S/c1-16-21(15-27-29(16)19-8-3-2-4-9-19)20-12-11-18(14-23(20)32(26)31)28-24(30)13-17-7-5-6-10-22(17)25/h2-12,14-15H,13,26H2,1H3,(H,28,30). The Bertz CT molecular complexity index is 1300. The van der Waals surface area contributed by atoms with Crippen LogP contribution in [0.5, 0.6) is 0 Å². The summed E-state index contributed by atoms with van der Waals surface area (Å²) in [7, 11) is -1.76. The van der Waals surface area contributed by atoms with Crippen molar-refractivity contribution in [2.75, 3.05) is 5.32 Å². The molecule has 1 aromatic heterocycles. The fraction of sp³-hybridized carbons (Fsp3) is 0.0833. The van der Waals surface area contributed by atoms with Crippen molar-refractivity contribution in [3.8, 4) is 16.8 Å². The van der Waals surface area contributed by atoms with Gasteiger partial charge in [-0.3, -0.25) is 4.79 Å². The minimum atomic E-state index is -1.76. The highest BCUT2D eigenvalue weighted by Gasteiger charge is 2.17. The van der Waals surface area contributed by atoms with Crippen molar-refractivity contribution in [1.29, 1.82) is 0 Å². The maximum Gasteiger partial charge on any atom is 0.228 e. The summed E-state index contributed by atoms with van der Waals surface area (Å²) >= 11 is 6.14. The Morgan fingerprint density at radius 2 is 1.78 bits per heavy atom. The number of amides is 1.